The molecule has 0 amide bonds. The van der Waals surface area contributed by atoms with Gasteiger partial charge < -0.3 is 10.1 Å². The number of para-hydroxylation sites is 1. The van der Waals surface area contributed by atoms with Crippen molar-refractivity contribution in [1.82, 2.24) is 0 Å². The molecule has 4 aromatic carbocycles. The molecule has 8 heteroatoms. The fourth-order valence-electron chi connectivity index (χ4n) is 6.41. The van der Waals surface area contributed by atoms with Crippen LogP contribution in [-0.4, -0.2) is 23.8 Å². The molecule has 2 atom stereocenters. The van der Waals surface area contributed by atoms with E-state index in [-0.39, 0.29) is 23.4 Å². The van der Waals surface area contributed by atoms with Gasteiger partial charge in [0, 0.05) is 40.2 Å². The molecule has 46 heavy (non-hydrogen) atoms. The number of halogens is 1. The van der Waals surface area contributed by atoms with Crippen LogP contribution in [0.4, 0.5) is 11.4 Å². The molecular formula is C38H31ClN2O5. The van der Waals surface area contributed by atoms with E-state index in [1.54, 1.807) is 6.07 Å². The molecule has 4 aromatic rings. The molecule has 0 spiro atoms. The van der Waals surface area contributed by atoms with Gasteiger partial charge in [0.25, 0.3) is 5.69 Å². The van der Waals surface area contributed by atoms with Crippen LogP contribution >= 0.6 is 11.6 Å². The first-order chi connectivity index (χ1) is 22.3. The third kappa shape index (κ3) is 5.77. The standard InChI is InChI=1S/C28H22ClNO5.C10H9N/c1-15-6-11-21-20(25(15)27(31)16-7-9-17(10-8-16)30(33)34)13-12-19-18-4-3-5-24(29)22(18)14-23(26(19)21)28(32)35-2;1-2-7-10-9(5-1)6-3-4-8-11-10/h3-5,7-10,12-15,23H,6,11H2,1-2H3;1-8,11H. The quantitative estimate of drug-likeness (QED) is 0.115. The summed E-state index contributed by atoms with van der Waals surface area (Å²) in [5.74, 6) is -1.19. The SMILES string of the molecule is C1=CNc2ccccc2C=C1.COC(=O)C1C=c2c(Cl)cccc2=c2ccc3c(c21)CCC(C)C=3C(=O)c1ccc([N+](=O)[O-])cc1. The number of ketones is 1. The third-order valence-electron chi connectivity index (χ3n) is 8.68. The summed E-state index contributed by atoms with van der Waals surface area (Å²) in [5, 5.41) is 18.2. The zero-order valence-electron chi connectivity index (χ0n) is 25.3. The van der Waals surface area contributed by atoms with E-state index in [4.69, 9.17) is 16.3 Å². The number of methoxy groups -OCH3 is 1. The number of Topliss-reactive ketones (excluding diaryl/α,β-unsaturated/α-hetero) is 1. The van der Waals surface area contributed by atoms with Crippen LogP contribution in [0.25, 0.3) is 17.7 Å². The molecule has 0 bridgehead atoms. The summed E-state index contributed by atoms with van der Waals surface area (Å²) in [6.07, 6.45) is 11.3. The minimum atomic E-state index is -0.638. The first-order valence-electron chi connectivity index (χ1n) is 15.0. The van der Waals surface area contributed by atoms with Gasteiger partial charge >= 0.3 is 5.97 Å². The molecule has 1 heterocycles. The molecule has 230 valence electrons. The zero-order chi connectivity index (χ0) is 32.4. The Hall–Kier alpha value is -5.27. The number of nitro groups is 1. The molecule has 0 fully saturated rings. The normalized spacial score (nSPS) is 16.9. The summed E-state index contributed by atoms with van der Waals surface area (Å²) >= 11 is 6.47. The number of hydrogen-bond acceptors (Lipinski definition) is 6. The number of fused-ring (bicyclic) bond motifs is 5. The second-order valence-electron chi connectivity index (χ2n) is 11.4. The van der Waals surface area contributed by atoms with Crippen molar-refractivity contribution in [3.05, 3.63) is 155 Å². The van der Waals surface area contributed by atoms with Crippen LogP contribution in [0.5, 0.6) is 0 Å². The maximum atomic E-state index is 13.6. The second kappa shape index (κ2) is 13.0. The predicted molar refractivity (Wildman–Crippen MR) is 181 cm³/mol. The van der Waals surface area contributed by atoms with Gasteiger partial charge in [-0.25, -0.2) is 0 Å². The molecule has 0 saturated carbocycles. The van der Waals surface area contributed by atoms with E-state index >= 15 is 0 Å². The topological polar surface area (TPSA) is 98.5 Å². The number of carbonyl (C=O) groups is 2. The monoisotopic (exact) mass is 630 g/mol. The van der Waals surface area contributed by atoms with E-state index in [2.05, 4.69) is 23.5 Å². The van der Waals surface area contributed by atoms with E-state index in [0.29, 0.717) is 22.6 Å². The van der Waals surface area contributed by atoms with Gasteiger partial charge in [-0.3, -0.25) is 19.7 Å². The molecule has 7 rings (SSSR count). The highest BCUT2D eigenvalue weighted by Gasteiger charge is 2.31. The Morgan fingerprint density at radius 3 is 2.46 bits per heavy atom. The highest BCUT2D eigenvalue weighted by Crippen LogP contribution is 2.33. The molecule has 1 N–H and O–H groups in total. The van der Waals surface area contributed by atoms with Crippen molar-refractivity contribution >= 4 is 52.5 Å². The number of benzene rings is 4. The number of nitrogens with one attached hydrogen (secondary N) is 1. The lowest BCUT2D eigenvalue weighted by Crippen LogP contribution is -2.32. The minimum Gasteiger partial charge on any atom is -0.468 e. The second-order valence-corrected chi connectivity index (χ2v) is 11.8. The van der Waals surface area contributed by atoms with E-state index in [0.717, 1.165) is 44.1 Å². The van der Waals surface area contributed by atoms with Gasteiger partial charge in [0.15, 0.2) is 5.78 Å². The largest absolute Gasteiger partial charge is 0.468 e. The fourth-order valence-corrected chi connectivity index (χ4v) is 6.65. The van der Waals surface area contributed by atoms with Crippen molar-refractivity contribution < 1.29 is 19.2 Å². The van der Waals surface area contributed by atoms with Crippen LogP contribution in [0.15, 0.2) is 97.2 Å². The number of non-ortho nitro benzene ring substituents is 1. The van der Waals surface area contributed by atoms with Gasteiger partial charge in [-0.2, -0.15) is 0 Å². The molecule has 2 unspecified atom stereocenters. The summed E-state index contributed by atoms with van der Waals surface area (Å²) in [6, 6.07) is 23.5. The molecule has 0 aromatic heterocycles. The van der Waals surface area contributed by atoms with E-state index in [1.165, 1.54) is 36.9 Å². The summed E-state index contributed by atoms with van der Waals surface area (Å²) < 4.78 is 5.15. The number of nitro benzene ring substituents is 1. The van der Waals surface area contributed by atoms with Gasteiger partial charge in [0.2, 0.25) is 0 Å². The average Bonchev–Trinajstić information content (AvgIpc) is 3.33. The van der Waals surface area contributed by atoms with Crippen molar-refractivity contribution in [3.63, 3.8) is 0 Å². The maximum Gasteiger partial charge on any atom is 0.317 e. The van der Waals surface area contributed by atoms with E-state index in [1.807, 2.05) is 67.7 Å². The number of ether oxygens (including phenoxy) is 1. The fraction of sp³-hybridized carbons (Fsp3) is 0.158. The Morgan fingerprint density at radius 1 is 0.935 bits per heavy atom. The van der Waals surface area contributed by atoms with Crippen LogP contribution < -0.4 is 15.8 Å². The number of anilines is 1. The summed E-state index contributed by atoms with van der Waals surface area (Å²) in [7, 11) is 1.37. The Morgan fingerprint density at radius 2 is 1.70 bits per heavy atom. The minimum absolute atomic E-state index is 0.00544. The summed E-state index contributed by atoms with van der Waals surface area (Å²) in [6.45, 7) is 2.01. The summed E-state index contributed by atoms with van der Waals surface area (Å²) in [4.78, 5) is 37.0. The summed E-state index contributed by atoms with van der Waals surface area (Å²) in [5.41, 5.74) is 5.20. The Balaban J connectivity index is 0.000000283. The van der Waals surface area contributed by atoms with Crippen molar-refractivity contribution in [2.45, 2.75) is 25.7 Å². The number of rotatable bonds is 4. The highest BCUT2D eigenvalue weighted by molar-refractivity contribution is 6.30. The molecular weight excluding hydrogens is 600 g/mol. The first-order valence-corrected chi connectivity index (χ1v) is 15.4. The molecule has 0 saturated heterocycles. The third-order valence-corrected chi connectivity index (χ3v) is 9.01. The molecule has 2 aliphatic carbocycles. The Labute approximate surface area is 270 Å². The number of carbonyl (C=O) groups excluding carboxylic acids is 2. The van der Waals surface area contributed by atoms with Gasteiger partial charge in [-0.05, 0) is 86.7 Å². The van der Waals surface area contributed by atoms with E-state index < -0.39 is 10.8 Å². The Kier molecular flexibility index (Phi) is 8.68. The van der Waals surface area contributed by atoms with Gasteiger partial charge in [-0.15, -0.1) is 0 Å². The first kappa shape index (κ1) is 30.7. The van der Waals surface area contributed by atoms with Crippen LogP contribution in [0.1, 0.15) is 46.3 Å². The number of nitrogens with zero attached hydrogens (tertiary/aromatic N) is 1. The lowest BCUT2D eigenvalue weighted by Gasteiger charge is -2.27. The van der Waals surface area contributed by atoms with Crippen molar-refractivity contribution in [2.75, 3.05) is 12.4 Å². The lowest BCUT2D eigenvalue weighted by atomic mass is 9.76. The van der Waals surface area contributed by atoms with Crippen LogP contribution in [0, 0.1) is 26.5 Å². The molecule has 0 radical (unpaired) electrons. The highest BCUT2D eigenvalue weighted by atomic mass is 35.5. The number of allylic oxidation sites excluding steroid dienone is 2. The van der Waals surface area contributed by atoms with Gasteiger partial charge in [0.05, 0.1) is 12.0 Å². The Bertz CT molecular complexity index is 2170. The van der Waals surface area contributed by atoms with E-state index in [9.17, 15) is 19.7 Å². The van der Waals surface area contributed by atoms with Crippen molar-refractivity contribution in [2.24, 2.45) is 5.92 Å². The number of hydrogen-bond donors (Lipinski definition) is 1. The smallest absolute Gasteiger partial charge is 0.317 e. The van der Waals surface area contributed by atoms with Crippen LogP contribution in [-0.2, 0) is 16.0 Å². The molecule has 7 nitrogen and oxygen atoms in total. The lowest BCUT2D eigenvalue weighted by molar-refractivity contribution is -0.384. The van der Waals surface area contributed by atoms with Gasteiger partial charge in [-0.1, -0.05) is 79.2 Å². The number of esters is 1. The van der Waals surface area contributed by atoms with Crippen LogP contribution in [0.2, 0.25) is 5.02 Å². The zero-order valence-corrected chi connectivity index (χ0v) is 26.1. The van der Waals surface area contributed by atoms with Gasteiger partial charge in [0.1, 0.15) is 5.92 Å². The maximum absolute atomic E-state index is 13.6. The van der Waals surface area contributed by atoms with Crippen LogP contribution in [0.3, 0.4) is 0 Å². The predicted octanol–water partition coefficient (Wildman–Crippen LogP) is 6.84. The van der Waals surface area contributed by atoms with Crippen molar-refractivity contribution in [1.29, 1.82) is 0 Å². The molecule has 3 aliphatic rings. The molecule has 1 aliphatic heterocycles. The van der Waals surface area contributed by atoms with Crippen molar-refractivity contribution in [3.8, 4) is 0 Å². The average molecular weight is 631 g/mol.